The summed E-state index contributed by atoms with van der Waals surface area (Å²) < 4.78 is 0. The quantitative estimate of drug-likeness (QED) is 0.821. The molecule has 16 heavy (non-hydrogen) atoms. The second kappa shape index (κ2) is 4.98. The molecule has 0 amide bonds. The molecule has 2 N–H and O–H groups in total. The fourth-order valence-corrected chi connectivity index (χ4v) is 2.30. The number of nitrogens with two attached hydrogens (primary N) is 1. The summed E-state index contributed by atoms with van der Waals surface area (Å²) in [4.78, 5) is 2.54. The largest absolute Gasteiger partial charge is 0.329 e. The molecule has 0 radical (unpaired) electrons. The van der Waals surface area contributed by atoms with Gasteiger partial charge in [-0.25, -0.2) is 0 Å². The number of benzene rings is 1. The van der Waals surface area contributed by atoms with Crippen molar-refractivity contribution < 1.29 is 0 Å². The smallest absolute Gasteiger partial charge is 0.0242 e. The topological polar surface area (TPSA) is 29.3 Å². The maximum atomic E-state index is 5.68. The van der Waals surface area contributed by atoms with Crippen LogP contribution in [0.25, 0.3) is 0 Å². The Bertz CT molecular complexity index is 336. The molecule has 1 fully saturated rings. The van der Waals surface area contributed by atoms with Gasteiger partial charge in [0.25, 0.3) is 0 Å². The van der Waals surface area contributed by atoms with Crippen LogP contribution in [0.5, 0.6) is 0 Å². The van der Waals surface area contributed by atoms with Gasteiger partial charge in [0.1, 0.15) is 0 Å². The van der Waals surface area contributed by atoms with Gasteiger partial charge in [0.2, 0.25) is 0 Å². The first-order valence-electron chi connectivity index (χ1n) is 6.21. The van der Waals surface area contributed by atoms with Crippen LogP contribution in [0.15, 0.2) is 18.2 Å². The normalized spacial score (nSPS) is 15.8. The van der Waals surface area contributed by atoms with Gasteiger partial charge in [-0.1, -0.05) is 18.2 Å². The molecule has 0 bridgehead atoms. The fraction of sp³-hybridized carbons (Fsp3) is 0.571. The zero-order chi connectivity index (χ0) is 11.5. The fourth-order valence-electron chi connectivity index (χ4n) is 2.30. The van der Waals surface area contributed by atoms with Crippen LogP contribution in [0, 0.1) is 13.8 Å². The zero-order valence-electron chi connectivity index (χ0n) is 10.4. The van der Waals surface area contributed by atoms with Crippen LogP contribution in [-0.2, 0) is 6.54 Å². The Morgan fingerprint density at radius 1 is 1.25 bits per heavy atom. The molecule has 0 aromatic heterocycles. The van der Waals surface area contributed by atoms with E-state index in [2.05, 4.69) is 36.9 Å². The van der Waals surface area contributed by atoms with E-state index >= 15 is 0 Å². The molecule has 1 aromatic carbocycles. The maximum absolute atomic E-state index is 5.68. The van der Waals surface area contributed by atoms with E-state index < -0.39 is 0 Å². The maximum Gasteiger partial charge on any atom is 0.0242 e. The molecule has 0 saturated heterocycles. The Hall–Kier alpha value is -0.860. The molecule has 2 heteroatoms. The van der Waals surface area contributed by atoms with Crippen LogP contribution in [0.1, 0.15) is 29.5 Å². The highest BCUT2D eigenvalue weighted by Crippen LogP contribution is 2.29. The summed E-state index contributed by atoms with van der Waals surface area (Å²) in [5, 5.41) is 0. The Morgan fingerprint density at radius 2 is 1.88 bits per heavy atom. The second-order valence-electron chi connectivity index (χ2n) is 4.86. The van der Waals surface area contributed by atoms with Crippen LogP contribution < -0.4 is 5.73 Å². The third kappa shape index (κ3) is 2.63. The lowest BCUT2D eigenvalue weighted by atomic mass is 10.0. The second-order valence-corrected chi connectivity index (χ2v) is 4.86. The van der Waals surface area contributed by atoms with E-state index in [1.54, 1.807) is 0 Å². The Labute approximate surface area is 98.4 Å². The van der Waals surface area contributed by atoms with Crippen LogP contribution in [0.2, 0.25) is 0 Å². The van der Waals surface area contributed by atoms with Crippen LogP contribution >= 0.6 is 0 Å². The highest BCUT2D eigenvalue weighted by atomic mass is 15.2. The minimum Gasteiger partial charge on any atom is -0.329 e. The molecule has 0 unspecified atom stereocenters. The minimum absolute atomic E-state index is 0.765. The van der Waals surface area contributed by atoms with E-state index in [-0.39, 0.29) is 0 Å². The van der Waals surface area contributed by atoms with Crippen LogP contribution in [0.4, 0.5) is 0 Å². The SMILES string of the molecule is Cc1cccc(C)c1CN(CCN)C1CC1. The first-order chi connectivity index (χ1) is 7.72. The van der Waals surface area contributed by atoms with E-state index in [1.165, 1.54) is 29.5 Å². The Balaban J connectivity index is 2.11. The molecule has 1 saturated carbocycles. The molecule has 2 rings (SSSR count). The molecule has 88 valence electrons. The molecular weight excluding hydrogens is 196 g/mol. The molecule has 0 spiro atoms. The van der Waals surface area contributed by atoms with Crippen molar-refractivity contribution >= 4 is 0 Å². The monoisotopic (exact) mass is 218 g/mol. The highest BCUT2D eigenvalue weighted by Gasteiger charge is 2.28. The number of hydrogen-bond donors (Lipinski definition) is 1. The van der Waals surface area contributed by atoms with E-state index in [0.29, 0.717) is 0 Å². The molecule has 1 aliphatic carbocycles. The Morgan fingerprint density at radius 3 is 2.38 bits per heavy atom. The first kappa shape index (κ1) is 11.6. The first-order valence-corrected chi connectivity index (χ1v) is 6.21. The predicted molar refractivity (Wildman–Crippen MR) is 68.4 cm³/mol. The van der Waals surface area contributed by atoms with Gasteiger partial charge in [-0.2, -0.15) is 0 Å². The molecule has 0 heterocycles. The number of rotatable bonds is 5. The van der Waals surface area contributed by atoms with Gasteiger partial charge in [-0.3, -0.25) is 4.90 Å². The summed E-state index contributed by atoms with van der Waals surface area (Å²) >= 11 is 0. The van der Waals surface area contributed by atoms with Crippen molar-refractivity contribution in [3.63, 3.8) is 0 Å². The van der Waals surface area contributed by atoms with Crippen molar-refractivity contribution in [2.24, 2.45) is 5.73 Å². The van der Waals surface area contributed by atoms with Crippen molar-refractivity contribution in [2.45, 2.75) is 39.3 Å². The van der Waals surface area contributed by atoms with Crippen molar-refractivity contribution in [3.8, 4) is 0 Å². The Kier molecular flexibility index (Phi) is 3.62. The summed E-state index contributed by atoms with van der Waals surface area (Å²) in [7, 11) is 0. The average Bonchev–Trinajstić information content (AvgIpc) is 3.06. The highest BCUT2D eigenvalue weighted by molar-refractivity contribution is 5.33. The lowest BCUT2D eigenvalue weighted by Gasteiger charge is -2.23. The van der Waals surface area contributed by atoms with Crippen molar-refractivity contribution in [1.29, 1.82) is 0 Å². The summed E-state index contributed by atoms with van der Waals surface area (Å²) in [6.07, 6.45) is 2.70. The third-order valence-corrected chi connectivity index (χ3v) is 3.49. The van der Waals surface area contributed by atoms with E-state index in [1.807, 2.05) is 0 Å². The van der Waals surface area contributed by atoms with Crippen molar-refractivity contribution in [3.05, 3.63) is 34.9 Å². The number of aryl methyl sites for hydroxylation is 2. The summed E-state index contributed by atoms with van der Waals surface area (Å²) in [6, 6.07) is 7.34. The van der Waals surface area contributed by atoms with Gasteiger partial charge < -0.3 is 5.73 Å². The van der Waals surface area contributed by atoms with Crippen LogP contribution in [0.3, 0.4) is 0 Å². The lowest BCUT2D eigenvalue weighted by Crippen LogP contribution is -2.31. The summed E-state index contributed by atoms with van der Waals surface area (Å²) in [5.74, 6) is 0. The number of hydrogen-bond acceptors (Lipinski definition) is 2. The predicted octanol–water partition coefficient (Wildman–Crippen LogP) is 2.23. The molecule has 1 aliphatic rings. The zero-order valence-corrected chi connectivity index (χ0v) is 10.4. The van der Waals surface area contributed by atoms with Gasteiger partial charge in [0.05, 0.1) is 0 Å². The molecule has 1 aromatic rings. The third-order valence-electron chi connectivity index (χ3n) is 3.49. The average molecular weight is 218 g/mol. The van der Waals surface area contributed by atoms with E-state index in [9.17, 15) is 0 Å². The lowest BCUT2D eigenvalue weighted by molar-refractivity contribution is 0.261. The van der Waals surface area contributed by atoms with Gasteiger partial charge in [-0.05, 0) is 43.4 Å². The molecule has 2 nitrogen and oxygen atoms in total. The van der Waals surface area contributed by atoms with Gasteiger partial charge >= 0.3 is 0 Å². The van der Waals surface area contributed by atoms with E-state index in [4.69, 9.17) is 5.73 Å². The molecular formula is C14H22N2. The summed E-state index contributed by atoms with van der Waals surface area (Å²) in [6.45, 7) is 7.27. The van der Waals surface area contributed by atoms with Crippen molar-refractivity contribution in [2.75, 3.05) is 13.1 Å². The van der Waals surface area contributed by atoms with Crippen molar-refractivity contribution in [1.82, 2.24) is 4.90 Å². The van der Waals surface area contributed by atoms with Crippen LogP contribution in [-0.4, -0.2) is 24.0 Å². The van der Waals surface area contributed by atoms with Gasteiger partial charge in [0.15, 0.2) is 0 Å². The molecule has 0 atom stereocenters. The van der Waals surface area contributed by atoms with Gasteiger partial charge in [0, 0.05) is 25.7 Å². The number of nitrogens with zero attached hydrogens (tertiary/aromatic N) is 1. The minimum atomic E-state index is 0.765. The standard InChI is InChI=1S/C14H22N2/c1-11-4-3-5-12(2)14(11)10-16(9-8-15)13-6-7-13/h3-5,13H,6-10,15H2,1-2H3. The van der Waals surface area contributed by atoms with Gasteiger partial charge in [-0.15, -0.1) is 0 Å². The van der Waals surface area contributed by atoms with E-state index in [0.717, 1.165) is 25.7 Å². The summed E-state index contributed by atoms with van der Waals surface area (Å²) in [5.41, 5.74) is 9.98. The molecule has 0 aliphatic heterocycles.